The lowest BCUT2D eigenvalue weighted by Gasteiger charge is -2.01. The molecule has 0 unspecified atom stereocenters. The number of H-pyrrole nitrogens is 1. The fourth-order valence-electron chi connectivity index (χ4n) is 2.75. The van der Waals surface area contributed by atoms with Crippen LogP contribution in [-0.2, 0) is 6.42 Å². The predicted molar refractivity (Wildman–Crippen MR) is 100 cm³/mol. The van der Waals surface area contributed by atoms with Gasteiger partial charge in [0.1, 0.15) is 5.82 Å². The number of thiazole rings is 1. The van der Waals surface area contributed by atoms with Crippen molar-refractivity contribution in [1.82, 2.24) is 15.2 Å². The molecule has 5 nitrogen and oxygen atoms in total. The number of hydrogen-bond acceptors (Lipinski definition) is 4. The number of aryl methyl sites for hydroxylation is 1. The number of halogens is 1. The number of aromatic amines is 1. The molecule has 0 saturated heterocycles. The van der Waals surface area contributed by atoms with E-state index in [1.165, 1.54) is 17.4 Å². The summed E-state index contributed by atoms with van der Waals surface area (Å²) in [6.07, 6.45) is 0.442. The smallest absolute Gasteiger partial charge is 0.278 e. The van der Waals surface area contributed by atoms with Gasteiger partial charge in [-0.05, 0) is 24.6 Å². The maximum atomic E-state index is 13.9. The molecule has 0 spiro atoms. The zero-order chi connectivity index (χ0) is 18.1. The fourth-order valence-corrected chi connectivity index (χ4v) is 3.73. The number of benzene rings is 2. The number of nitrogens with zero attached hydrogens (tertiary/aromatic N) is 2. The van der Waals surface area contributed by atoms with Gasteiger partial charge in [-0.1, -0.05) is 36.4 Å². The van der Waals surface area contributed by atoms with Crippen molar-refractivity contribution in [1.29, 1.82) is 0 Å². The van der Waals surface area contributed by atoms with Crippen molar-refractivity contribution in [3.05, 3.63) is 76.2 Å². The van der Waals surface area contributed by atoms with Crippen molar-refractivity contribution >= 4 is 33.3 Å². The largest absolute Gasteiger partial charge is 0.296 e. The minimum atomic E-state index is -0.325. The van der Waals surface area contributed by atoms with Gasteiger partial charge in [-0.3, -0.25) is 15.2 Å². The zero-order valence-corrected chi connectivity index (χ0v) is 14.7. The number of para-hydroxylation sites is 1. The van der Waals surface area contributed by atoms with Gasteiger partial charge in [0.05, 0.1) is 11.2 Å². The van der Waals surface area contributed by atoms with E-state index in [1.54, 1.807) is 18.2 Å². The molecule has 0 aliphatic rings. The summed E-state index contributed by atoms with van der Waals surface area (Å²) < 4.78 is 13.9. The van der Waals surface area contributed by atoms with Crippen molar-refractivity contribution < 1.29 is 9.18 Å². The second-order valence-electron chi connectivity index (χ2n) is 5.87. The molecule has 0 aliphatic heterocycles. The van der Waals surface area contributed by atoms with E-state index in [-0.39, 0.29) is 11.7 Å². The molecule has 7 heteroatoms. The summed E-state index contributed by atoms with van der Waals surface area (Å²) >= 11 is 1.35. The SMILES string of the molecule is Cc1nc(NC(=O)c2n[nH]c3ccccc23)sc1Cc1ccccc1F. The third-order valence-corrected chi connectivity index (χ3v) is 5.18. The van der Waals surface area contributed by atoms with Gasteiger partial charge >= 0.3 is 0 Å². The third kappa shape index (κ3) is 3.09. The minimum Gasteiger partial charge on any atom is -0.296 e. The summed E-state index contributed by atoms with van der Waals surface area (Å²) in [5.74, 6) is -0.567. The molecule has 0 fully saturated rings. The van der Waals surface area contributed by atoms with Crippen molar-refractivity contribution in [2.24, 2.45) is 0 Å². The van der Waals surface area contributed by atoms with Gasteiger partial charge in [-0.25, -0.2) is 9.37 Å². The number of nitrogens with one attached hydrogen (secondary N) is 2. The molecule has 0 atom stereocenters. The summed E-state index contributed by atoms with van der Waals surface area (Å²) in [5.41, 5.74) is 2.51. The number of carbonyl (C=O) groups is 1. The van der Waals surface area contributed by atoms with Crippen LogP contribution in [0, 0.1) is 12.7 Å². The summed E-state index contributed by atoms with van der Waals surface area (Å²) in [6.45, 7) is 1.85. The molecule has 0 aliphatic carbocycles. The monoisotopic (exact) mass is 366 g/mol. The number of fused-ring (bicyclic) bond motifs is 1. The second-order valence-corrected chi connectivity index (χ2v) is 6.95. The third-order valence-electron chi connectivity index (χ3n) is 4.11. The van der Waals surface area contributed by atoms with Crippen LogP contribution < -0.4 is 5.32 Å². The Kier molecular flexibility index (Phi) is 4.22. The molecule has 2 aromatic carbocycles. The number of hydrogen-bond donors (Lipinski definition) is 2. The maximum Gasteiger partial charge on any atom is 0.278 e. The molecule has 1 amide bonds. The van der Waals surface area contributed by atoms with Gasteiger partial charge in [0.2, 0.25) is 0 Å². The van der Waals surface area contributed by atoms with Gasteiger partial charge < -0.3 is 0 Å². The van der Waals surface area contributed by atoms with Gasteiger partial charge in [-0.15, -0.1) is 11.3 Å². The number of amides is 1. The topological polar surface area (TPSA) is 70.7 Å². The summed E-state index contributed by atoms with van der Waals surface area (Å²) in [4.78, 5) is 17.8. The van der Waals surface area contributed by atoms with E-state index in [9.17, 15) is 9.18 Å². The van der Waals surface area contributed by atoms with Crippen molar-refractivity contribution in [2.75, 3.05) is 5.32 Å². The Hall–Kier alpha value is -3.06. The normalized spacial score (nSPS) is 11.0. The first-order chi connectivity index (χ1) is 12.6. The molecule has 4 aromatic rings. The summed E-state index contributed by atoms with van der Waals surface area (Å²) in [5, 5.41) is 11.0. The van der Waals surface area contributed by atoms with Gasteiger partial charge in [0, 0.05) is 16.7 Å². The van der Waals surface area contributed by atoms with E-state index >= 15 is 0 Å². The van der Waals surface area contributed by atoms with Crippen molar-refractivity contribution in [3.63, 3.8) is 0 Å². The van der Waals surface area contributed by atoms with E-state index in [4.69, 9.17) is 0 Å². The molecule has 0 radical (unpaired) electrons. The van der Waals surface area contributed by atoms with E-state index in [1.807, 2.05) is 31.2 Å². The van der Waals surface area contributed by atoms with Crippen LogP contribution in [0.2, 0.25) is 0 Å². The van der Waals surface area contributed by atoms with Crippen LogP contribution in [0.15, 0.2) is 48.5 Å². The van der Waals surface area contributed by atoms with Crippen molar-refractivity contribution in [3.8, 4) is 0 Å². The Labute approximate surface area is 152 Å². The molecular weight excluding hydrogens is 351 g/mol. The molecule has 2 N–H and O–H groups in total. The van der Waals surface area contributed by atoms with Crippen LogP contribution in [0.4, 0.5) is 9.52 Å². The van der Waals surface area contributed by atoms with E-state index in [0.29, 0.717) is 22.8 Å². The van der Waals surface area contributed by atoms with E-state index in [2.05, 4.69) is 20.5 Å². The molecule has 0 saturated carbocycles. The molecule has 4 rings (SSSR count). The first-order valence-electron chi connectivity index (χ1n) is 8.06. The molecule has 26 heavy (non-hydrogen) atoms. The van der Waals surface area contributed by atoms with Crippen LogP contribution in [0.5, 0.6) is 0 Å². The lowest BCUT2D eigenvalue weighted by Crippen LogP contribution is -2.12. The maximum absolute atomic E-state index is 13.9. The second kappa shape index (κ2) is 6.68. The minimum absolute atomic E-state index is 0.242. The number of carbonyl (C=O) groups excluding carboxylic acids is 1. The first kappa shape index (κ1) is 16.4. The lowest BCUT2D eigenvalue weighted by atomic mass is 10.1. The summed E-state index contributed by atoms with van der Waals surface area (Å²) in [7, 11) is 0. The standard InChI is InChI=1S/C19H15FN4OS/c1-11-16(10-12-6-2-4-8-14(12)20)26-19(21-11)22-18(25)17-13-7-3-5-9-15(13)23-24-17/h2-9H,10H2,1H3,(H,23,24)(H,21,22,25). The average Bonchev–Trinajstić information content (AvgIpc) is 3.20. The van der Waals surface area contributed by atoms with E-state index < -0.39 is 0 Å². The molecule has 130 valence electrons. The fraction of sp³-hybridized carbons (Fsp3) is 0.105. The number of aromatic nitrogens is 3. The Morgan fingerprint density at radius 3 is 2.81 bits per heavy atom. The molecular formula is C19H15FN4OS. The van der Waals surface area contributed by atoms with Crippen LogP contribution >= 0.6 is 11.3 Å². The molecule has 0 bridgehead atoms. The number of anilines is 1. The van der Waals surface area contributed by atoms with Crippen LogP contribution in [0.3, 0.4) is 0 Å². The quantitative estimate of drug-likeness (QED) is 0.565. The van der Waals surface area contributed by atoms with Crippen LogP contribution in [-0.4, -0.2) is 21.1 Å². The Balaban J connectivity index is 1.56. The zero-order valence-electron chi connectivity index (χ0n) is 13.9. The molecule has 2 heterocycles. The highest BCUT2D eigenvalue weighted by molar-refractivity contribution is 7.15. The Morgan fingerprint density at radius 1 is 1.19 bits per heavy atom. The van der Waals surface area contributed by atoms with Crippen molar-refractivity contribution in [2.45, 2.75) is 13.3 Å². The first-order valence-corrected chi connectivity index (χ1v) is 8.87. The Morgan fingerprint density at radius 2 is 1.96 bits per heavy atom. The predicted octanol–water partition coefficient (Wildman–Crippen LogP) is 4.31. The van der Waals surface area contributed by atoms with Gasteiger partial charge in [-0.2, -0.15) is 5.10 Å². The number of rotatable bonds is 4. The summed E-state index contributed by atoms with van der Waals surface area (Å²) in [6, 6.07) is 14.1. The van der Waals surface area contributed by atoms with Crippen LogP contribution in [0.25, 0.3) is 10.9 Å². The molecule has 2 aromatic heterocycles. The van der Waals surface area contributed by atoms with Crippen LogP contribution in [0.1, 0.15) is 26.6 Å². The van der Waals surface area contributed by atoms with Gasteiger partial charge in [0.25, 0.3) is 5.91 Å². The van der Waals surface area contributed by atoms with Gasteiger partial charge in [0.15, 0.2) is 10.8 Å². The lowest BCUT2D eigenvalue weighted by molar-refractivity contribution is 0.102. The highest BCUT2D eigenvalue weighted by atomic mass is 32.1. The average molecular weight is 366 g/mol. The highest BCUT2D eigenvalue weighted by Gasteiger charge is 2.17. The highest BCUT2D eigenvalue weighted by Crippen LogP contribution is 2.27. The Bertz CT molecular complexity index is 1100. The van der Waals surface area contributed by atoms with E-state index in [0.717, 1.165) is 21.5 Å².